The van der Waals surface area contributed by atoms with Crippen molar-refractivity contribution < 1.29 is 18.9 Å². The lowest BCUT2D eigenvalue weighted by Crippen LogP contribution is -2.23. The Labute approximate surface area is 181 Å². The van der Waals surface area contributed by atoms with Crippen LogP contribution in [0, 0.1) is 0 Å². The van der Waals surface area contributed by atoms with Crippen molar-refractivity contribution in [2.24, 2.45) is 0 Å². The smallest absolute Gasteiger partial charge is 0.353 e. The zero-order chi connectivity index (χ0) is 21.9. The maximum Gasteiger partial charge on any atom is 0.353 e. The van der Waals surface area contributed by atoms with Crippen LogP contribution < -0.4 is 15.2 Å². The quantitative estimate of drug-likeness (QED) is 0.476. The van der Waals surface area contributed by atoms with E-state index < -0.39 is 5.69 Å². The molecule has 0 fully saturated rings. The summed E-state index contributed by atoms with van der Waals surface area (Å²) in [6.07, 6.45) is -0.409. The van der Waals surface area contributed by atoms with E-state index in [0.717, 1.165) is 11.1 Å². The Morgan fingerprint density at radius 1 is 0.774 bits per heavy atom. The molecule has 0 saturated carbocycles. The van der Waals surface area contributed by atoms with Crippen molar-refractivity contribution >= 4 is 0 Å². The molecular formula is C23H27N3O5. The Bertz CT molecular complexity index is 891. The fourth-order valence-corrected chi connectivity index (χ4v) is 2.59. The summed E-state index contributed by atoms with van der Waals surface area (Å²) in [7, 11) is 0. The van der Waals surface area contributed by atoms with E-state index in [2.05, 4.69) is 15.0 Å². The number of benzene rings is 2. The van der Waals surface area contributed by atoms with Crippen molar-refractivity contribution in [2.75, 3.05) is 13.2 Å². The van der Waals surface area contributed by atoms with Gasteiger partial charge in [0.05, 0.1) is 25.4 Å². The average molecular weight is 425 g/mol. The first-order chi connectivity index (χ1) is 15.1. The number of H-pyrrole nitrogens is 1. The first-order valence-electron chi connectivity index (χ1n) is 10.1. The van der Waals surface area contributed by atoms with Crippen LogP contribution in [0.2, 0.25) is 0 Å². The fraction of sp³-hybridized carbons (Fsp3) is 0.348. The highest BCUT2D eigenvalue weighted by Gasteiger charge is 2.11. The molecule has 164 valence electrons. The van der Waals surface area contributed by atoms with Crippen molar-refractivity contribution in [2.45, 2.75) is 39.3 Å². The molecule has 0 amide bonds. The molecule has 1 heterocycles. The predicted octanol–water partition coefficient (Wildman–Crippen LogP) is 3.13. The van der Waals surface area contributed by atoms with E-state index in [1.54, 1.807) is 0 Å². The minimum absolute atomic E-state index is 0.0306. The van der Waals surface area contributed by atoms with Crippen molar-refractivity contribution in [3.8, 4) is 12.0 Å². The number of nitrogens with zero attached hydrogens (tertiary/aromatic N) is 2. The van der Waals surface area contributed by atoms with Crippen LogP contribution in [0.3, 0.4) is 0 Å². The van der Waals surface area contributed by atoms with Crippen LogP contribution in [0.5, 0.6) is 12.0 Å². The van der Waals surface area contributed by atoms with Crippen LogP contribution in [-0.4, -0.2) is 40.4 Å². The summed E-state index contributed by atoms with van der Waals surface area (Å²) < 4.78 is 22.5. The molecule has 1 aromatic heterocycles. The molecule has 0 aliphatic heterocycles. The molecule has 31 heavy (non-hydrogen) atoms. The summed E-state index contributed by atoms with van der Waals surface area (Å²) in [5.41, 5.74) is 1.54. The molecule has 0 aliphatic carbocycles. The highest BCUT2D eigenvalue weighted by atomic mass is 16.6. The lowest BCUT2D eigenvalue weighted by atomic mass is 10.2. The normalized spacial score (nSPS) is 12.8. The minimum Gasteiger partial charge on any atom is -0.462 e. The second kappa shape index (κ2) is 11.8. The highest BCUT2D eigenvalue weighted by Crippen LogP contribution is 2.09. The summed E-state index contributed by atoms with van der Waals surface area (Å²) in [5, 5.41) is 0. The summed E-state index contributed by atoms with van der Waals surface area (Å²) in [5.74, 6) is 0. The molecule has 0 radical (unpaired) electrons. The number of rotatable bonds is 12. The third-order valence-corrected chi connectivity index (χ3v) is 4.26. The number of nitrogens with one attached hydrogen (secondary N) is 1. The molecule has 0 spiro atoms. The van der Waals surface area contributed by atoms with Gasteiger partial charge in [-0.3, -0.25) is 4.98 Å². The molecule has 2 aromatic carbocycles. The third-order valence-electron chi connectivity index (χ3n) is 4.26. The molecule has 8 nitrogen and oxygen atoms in total. The Morgan fingerprint density at radius 2 is 1.29 bits per heavy atom. The van der Waals surface area contributed by atoms with Gasteiger partial charge in [-0.25, -0.2) is 4.79 Å². The van der Waals surface area contributed by atoms with Gasteiger partial charge < -0.3 is 18.9 Å². The van der Waals surface area contributed by atoms with Crippen molar-refractivity contribution in [3.63, 3.8) is 0 Å². The van der Waals surface area contributed by atoms with E-state index in [9.17, 15) is 4.79 Å². The minimum atomic E-state index is -0.601. The molecule has 2 atom stereocenters. The standard InChI is InChI=1S/C23H27N3O5/c1-17(28-15-19-9-5-3-6-10-19)13-30-22-24-21(27)25-23(26-22)31-14-18(2)29-16-20-11-7-4-8-12-20/h3-12,17-18H,13-16H2,1-2H3,(H,24,25,26,27). The van der Waals surface area contributed by atoms with Crippen LogP contribution in [-0.2, 0) is 22.7 Å². The van der Waals surface area contributed by atoms with E-state index in [-0.39, 0.29) is 37.4 Å². The van der Waals surface area contributed by atoms with Crippen molar-refractivity contribution in [3.05, 3.63) is 82.3 Å². The van der Waals surface area contributed by atoms with E-state index in [0.29, 0.717) is 13.2 Å². The molecule has 2 unspecified atom stereocenters. The summed E-state index contributed by atoms with van der Waals surface area (Å²) >= 11 is 0. The van der Waals surface area contributed by atoms with E-state index in [1.807, 2.05) is 74.5 Å². The van der Waals surface area contributed by atoms with Crippen LogP contribution in [0.15, 0.2) is 65.5 Å². The van der Waals surface area contributed by atoms with Gasteiger partial charge in [0, 0.05) is 0 Å². The molecule has 8 heteroatoms. The van der Waals surface area contributed by atoms with Crippen LogP contribution in [0.1, 0.15) is 25.0 Å². The van der Waals surface area contributed by atoms with E-state index in [4.69, 9.17) is 18.9 Å². The monoisotopic (exact) mass is 425 g/mol. The molecule has 0 bridgehead atoms. The van der Waals surface area contributed by atoms with E-state index in [1.165, 1.54) is 0 Å². The number of aromatic amines is 1. The second-order valence-electron chi connectivity index (χ2n) is 7.08. The highest BCUT2D eigenvalue weighted by molar-refractivity contribution is 5.14. The van der Waals surface area contributed by atoms with Crippen LogP contribution in [0.25, 0.3) is 0 Å². The number of hydrogen-bond acceptors (Lipinski definition) is 7. The first-order valence-corrected chi connectivity index (χ1v) is 10.1. The molecule has 1 N–H and O–H groups in total. The second-order valence-corrected chi connectivity index (χ2v) is 7.08. The van der Waals surface area contributed by atoms with Gasteiger partial charge in [0.25, 0.3) is 0 Å². The Hall–Kier alpha value is -3.23. The Balaban J connectivity index is 1.43. The van der Waals surface area contributed by atoms with Crippen molar-refractivity contribution in [1.82, 2.24) is 15.0 Å². The van der Waals surface area contributed by atoms with Crippen LogP contribution >= 0.6 is 0 Å². The average Bonchev–Trinajstić information content (AvgIpc) is 2.80. The zero-order valence-electron chi connectivity index (χ0n) is 17.7. The molecular weight excluding hydrogens is 398 g/mol. The predicted molar refractivity (Wildman–Crippen MR) is 115 cm³/mol. The molecule has 3 rings (SSSR count). The number of aromatic nitrogens is 3. The topological polar surface area (TPSA) is 95.6 Å². The Morgan fingerprint density at radius 3 is 1.84 bits per heavy atom. The lowest BCUT2D eigenvalue weighted by Gasteiger charge is -2.15. The maximum atomic E-state index is 11.8. The summed E-state index contributed by atoms with van der Waals surface area (Å²) in [6.45, 7) is 5.12. The Kier molecular flexibility index (Phi) is 8.57. The van der Waals surface area contributed by atoms with Gasteiger partial charge in [0.15, 0.2) is 0 Å². The van der Waals surface area contributed by atoms with Gasteiger partial charge in [0.2, 0.25) is 0 Å². The molecule has 3 aromatic rings. The van der Waals surface area contributed by atoms with Gasteiger partial charge >= 0.3 is 17.7 Å². The maximum absolute atomic E-state index is 11.8. The first kappa shape index (κ1) is 22.5. The molecule has 0 saturated heterocycles. The van der Waals surface area contributed by atoms with Crippen molar-refractivity contribution in [1.29, 1.82) is 0 Å². The van der Waals surface area contributed by atoms with Gasteiger partial charge in [-0.05, 0) is 25.0 Å². The number of hydrogen-bond donors (Lipinski definition) is 1. The lowest BCUT2D eigenvalue weighted by molar-refractivity contribution is 0.0154. The summed E-state index contributed by atoms with van der Waals surface area (Å²) in [4.78, 5) is 22.0. The summed E-state index contributed by atoms with van der Waals surface area (Å²) in [6, 6.07) is 19.7. The zero-order valence-corrected chi connectivity index (χ0v) is 17.7. The fourth-order valence-electron chi connectivity index (χ4n) is 2.59. The van der Waals surface area contributed by atoms with Gasteiger partial charge in [0.1, 0.15) is 13.2 Å². The van der Waals surface area contributed by atoms with Gasteiger partial charge in [-0.2, -0.15) is 0 Å². The largest absolute Gasteiger partial charge is 0.462 e. The van der Waals surface area contributed by atoms with E-state index >= 15 is 0 Å². The van der Waals surface area contributed by atoms with Crippen LogP contribution in [0.4, 0.5) is 0 Å². The van der Waals surface area contributed by atoms with Gasteiger partial charge in [-0.1, -0.05) is 60.7 Å². The molecule has 0 aliphatic rings. The van der Waals surface area contributed by atoms with Gasteiger partial charge in [-0.15, -0.1) is 9.97 Å². The number of ether oxygens (including phenoxy) is 4. The third kappa shape index (κ3) is 8.19. The SMILES string of the molecule is CC(COc1nc(OCC(C)OCc2ccccc2)[nH]c(=O)n1)OCc1ccccc1.